The highest BCUT2D eigenvalue weighted by Gasteiger charge is 2.16. The Kier molecular flexibility index (Phi) is 6.55. The van der Waals surface area contributed by atoms with Gasteiger partial charge in [-0.2, -0.15) is 0 Å². The quantitative estimate of drug-likeness (QED) is 0.671. The zero-order chi connectivity index (χ0) is 18.3. The van der Waals surface area contributed by atoms with Gasteiger partial charge < -0.3 is 11.1 Å². The van der Waals surface area contributed by atoms with Gasteiger partial charge in [-0.25, -0.2) is 8.42 Å². The van der Waals surface area contributed by atoms with E-state index in [0.717, 1.165) is 5.56 Å². The number of anilines is 1. The number of hydrogen-bond donors (Lipinski definition) is 3. The van der Waals surface area contributed by atoms with Gasteiger partial charge in [0.2, 0.25) is 10.0 Å². The van der Waals surface area contributed by atoms with Crippen LogP contribution in [0.15, 0.2) is 54.6 Å². The number of nitrogens with one attached hydrogen (secondary N) is 2. The van der Waals surface area contributed by atoms with Crippen molar-refractivity contribution in [3.8, 4) is 0 Å². The molecule has 0 aromatic heterocycles. The summed E-state index contributed by atoms with van der Waals surface area (Å²) in [5.41, 5.74) is 7.52. The van der Waals surface area contributed by atoms with E-state index >= 15 is 0 Å². The van der Waals surface area contributed by atoms with E-state index in [1.165, 1.54) is 0 Å². The first kappa shape index (κ1) is 19.0. The van der Waals surface area contributed by atoms with Gasteiger partial charge in [-0.3, -0.25) is 9.52 Å². The predicted molar refractivity (Wildman–Crippen MR) is 99.8 cm³/mol. The van der Waals surface area contributed by atoms with E-state index in [2.05, 4.69) is 10.0 Å². The first-order chi connectivity index (χ1) is 11.9. The zero-order valence-electron chi connectivity index (χ0n) is 14.1. The van der Waals surface area contributed by atoms with Crippen molar-refractivity contribution >= 4 is 21.6 Å². The van der Waals surface area contributed by atoms with E-state index < -0.39 is 10.0 Å². The van der Waals surface area contributed by atoms with Crippen molar-refractivity contribution in [2.75, 3.05) is 17.0 Å². The highest BCUT2D eigenvalue weighted by Crippen LogP contribution is 2.17. The molecule has 1 atom stereocenters. The molecule has 0 radical (unpaired) electrons. The van der Waals surface area contributed by atoms with Crippen LogP contribution in [0.3, 0.4) is 0 Å². The molecule has 7 heteroatoms. The number of sulfonamides is 1. The number of carbonyl (C=O) groups is 1. The summed E-state index contributed by atoms with van der Waals surface area (Å²) in [4.78, 5) is 12.4. The molecule has 0 saturated carbocycles. The minimum Gasteiger partial charge on any atom is -0.350 e. The molecule has 0 heterocycles. The molecule has 0 fully saturated rings. The minimum atomic E-state index is -3.47. The fourth-order valence-electron chi connectivity index (χ4n) is 2.37. The first-order valence-electron chi connectivity index (χ1n) is 8.11. The second-order valence-electron chi connectivity index (χ2n) is 5.69. The fraction of sp³-hybridized carbons (Fsp3) is 0.278. The van der Waals surface area contributed by atoms with Crippen LogP contribution in [0, 0.1) is 0 Å². The van der Waals surface area contributed by atoms with Gasteiger partial charge >= 0.3 is 0 Å². The molecule has 1 amide bonds. The predicted octanol–water partition coefficient (Wildman–Crippen LogP) is 2.27. The summed E-state index contributed by atoms with van der Waals surface area (Å²) in [6, 6.07) is 15.6. The molecule has 134 valence electrons. The molecular formula is C18H23N3O3S. The van der Waals surface area contributed by atoms with E-state index in [1.54, 1.807) is 31.2 Å². The van der Waals surface area contributed by atoms with Gasteiger partial charge in [-0.15, -0.1) is 0 Å². The van der Waals surface area contributed by atoms with Crippen LogP contribution in [0.25, 0.3) is 0 Å². The molecule has 6 nitrogen and oxygen atoms in total. The molecule has 0 aliphatic carbocycles. The molecule has 4 N–H and O–H groups in total. The van der Waals surface area contributed by atoms with Crippen LogP contribution in [0.4, 0.5) is 5.69 Å². The molecule has 2 aromatic rings. The minimum absolute atomic E-state index is 0.00182. The number of para-hydroxylation sites is 1. The smallest absolute Gasteiger partial charge is 0.253 e. The molecule has 1 unspecified atom stereocenters. The van der Waals surface area contributed by atoms with E-state index in [0.29, 0.717) is 6.42 Å². The summed E-state index contributed by atoms with van der Waals surface area (Å²) in [7, 11) is -3.47. The van der Waals surface area contributed by atoms with E-state index in [9.17, 15) is 13.2 Å². The third-order valence-electron chi connectivity index (χ3n) is 3.62. The number of carbonyl (C=O) groups excluding carboxylic acids is 1. The van der Waals surface area contributed by atoms with E-state index in [-0.39, 0.29) is 35.5 Å². The fourth-order valence-corrected chi connectivity index (χ4v) is 3.53. The van der Waals surface area contributed by atoms with Gasteiger partial charge in [-0.05, 0) is 24.1 Å². The normalized spacial score (nSPS) is 12.4. The van der Waals surface area contributed by atoms with Gasteiger partial charge in [0.15, 0.2) is 0 Å². The first-order valence-corrected chi connectivity index (χ1v) is 9.76. The highest BCUT2D eigenvalue weighted by molar-refractivity contribution is 7.92. The maximum atomic E-state index is 12.4. The van der Waals surface area contributed by atoms with Crippen LogP contribution >= 0.6 is 0 Å². The molecular weight excluding hydrogens is 338 g/mol. The van der Waals surface area contributed by atoms with Crippen LogP contribution in [-0.2, 0) is 10.0 Å². The topological polar surface area (TPSA) is 101 Å². The monoisotopic (exact) mass is 361 g/mol. The van der Waals surface area contributed by atoms with Gasteiger partial charge in [0.1, 0.15) is 0 Å². The lowest BCUT2D eigenvalue weighted by Crippen LogP contribution is -2.32. The van der Waals surface area contributed by atoms with Crippen LogP contribution < -0.4 is 15.8 Å². The molecule has 0 aliphatic heterocycles. The van der Waals surface area contributed by atoms with E-state index in [4.69, 9.17) is 5.73 Å². The molecule has 0 bridgehead atoms. The van der Waals surface area contributed by atoms with Crippen LogP contribution in [-0.4, -0.2) is 26.6 Å². The van der Waals surface area contributed by atoms with Gasteiger partial charge in [0.25, 0.3) is 5.91 Å². The summed E-state index contributed by atoms with van der Waals surface area (Å²) in [6.45, 7) is 2.03. The molecule has 0 saturated heterocycles. The summed E-state index contributed by atoms with van der Waals surface area (Å²) >= 11 is 0. The lowest BCUT2D eigenvalue weighted by molar-refractivity contribution is 0.0952. The number of nitrogens with two attached hydrogens (primary N) is 1. The van der Waals surface area contributed by atoms with Gasteiger partial charge in [-0.1, -0.05) is 49.4 Å². The summed E-state index contributed by atoms with van der Waals surface area (Å²) in [5, 5.41) is 2.76. The van der Waals surface area contributed by atoms with Crippen molar-refractivity contribution in [3.05, 3.63) is 65.7 Å². The Labute approximate surface area is 148 Å². The van der Waals surface area contributed by atoms with Crippen molar-refractivity contribution in [2.24, 2.45) is 5.73 Å². The highest BCUT2D eigenvalue weighted by atomic mass is 32.2. The van der Waals surface area contributed by atoms with Crippen molar-refractivity contribution in [1.29, 1.82) is 0 Å². The van der Waals surface area contributed by atoms with Crippen LogP contribution in [0.5, 0.6) is 0 Å². The van der Waals surface area contributed by atoms with Gasteiger partial charge in [0.05, 0.1) is 17.0 Å². The molecule has 2 rings (SSSR count). The Bertz CT molecular complexity index is 807. The Balaban J connectivity index is 2.07. The van der Waals surface area contributed by atoms with Gasteiger partial charge in [0, 0.05) is 12.6 Å². The van der Waals surface area contributed by atoms with Crippen molar-refractivity contribution in [1.82, 2.24) is 5.32 Å². The molecule has 0 spiro atoms. The van der Waals surface area contributed by atoms with Crippen molar-refractivity contribution in [3.63, 3.8) is 0 Å². The Morgan fingerprint density at radius 3 is 2.40 bits per heavy atom. The third-order valence-corrected chi connectivity index (χ3v) is 5.10. The lowest BCUT2D eigenvalue weighted by Gasteiger charge is -2.15. The molecule has 25 heavy (non-hydrogen) atoms. The van der Waals surface area contributed by atoms with Crippen molar-refractivity contribution < 1.29 is 13.2 Å². The summed E-state index contributed by atoms with van der Waals surface area (Å²) in [6.07, 6.45) is 0.496. The van der Waals surface area contributed by atoms with Crippen LogP contribution in [0.2, 0.25) is 0 Å². The average molecular weight is 361 g/mol. The second-order valence-corrected chi connectivity index (χ2v) is 7.54. The third kappa shape index (κ3) is 5.58. The number of rotatable bonds is 8. The largest absolute Gasteiger partial charge is 0.350 e. The Hall–Kier alpha value is -2.38. The second kappa shape index (κ2) is 8.64. The maximum absolute atomic E-state index is 12.4. The Morgan fingerprint density at radius 2 is 1.72 bits per heavy atom. The SMILES string of the molecule is CCCS(=O)(=O)Nc1ccccc1C(=O)NCC(N)c1ccccc1. The average Bonchev–Trinajstić information content (AvgIpc) is 2.60. The number of hydrogen-bond acceptors (Lipinski definition) is 4. The summed E-state index contributed by atoms with van der Waals surface area (Å²) in [5.74, 6) is -0.372. The zero-order valence-corrected chi connectivity index (χ0v) is 14.9. The standard InChI is InChI=1S/C18H23N3O3S/c1-2-12-25(23,24)21-17-11-7-6-10-15(17)18(22)20-13-16(19)14-8-4-3-5-9-14/h3-11,16,21H,2,12-13,19H2,1H3,(H,20,22). The lowest BCUT2D eigenvalue weighted by atomic mass is 10.1. The number of amides is 1. The molecule has 2 aromatic carbocycles. The maximum Gasteiger partial charge on any atom is 0.253 e. The molecule has 0 aliphatic rings. The summed E-state index contributed by atoms with van der Waals surface area (Å²) < 4.78 is 26.4. The van der Waals surface area contributed by atoms with Crippen molar-refractivity contribution in [2.45, 2.75) is 19.4 Å². The van der Waals surface area contributed by atoms with Crippen LogP contribution in [0.1, 0.15) is 35.3 Å². The Morgan fingerprint density at radius 1 is 1.08 bits per heavy atom. The number of benzene rings is 2. The van der Waals surface area contributed by atoms with E-state index in [1.807, 2.05) is 30.3 Å².